The molecule has 7 heteroatoms. The van der Waals surface area contributed by atoms with Gasteiger partial charge in [-0.3, -0.25) is 0 Å². The highest BCUT2D eigenvalue weighted by Gasteiger charge is 2.11. The van der Waals surface area contributed by atoms with E-state index < -0.39 is 0 Å². The lowest BCUT2D eigenvalue weighted by Gasteiger charge is -2.10. The summed E-state index contributed by atoms with van der Waals surface area (Å²) in [6.07, 6.45) is 1.67. The number of fused-ring (bicyclic) bond motifs is 1. The monoisotopic (exact) mass is 404 g/mol. The number of rotatable bonds is 5. The number of nitrogens with one attached hydrogen (secondary N) is 1. The largest absolute Gasteiger partial charge is 0.507 e. The van der Waals surface area contributed by atoms with E-state index >= 15 is 0 Å². The van der Waals surface area contributed by atoms with E-state index in [9.17, 15) is 5.11 Å². The van der Waals surface area contributed by atoms with Gasteiger partial charge < -0.3 is 9.84 Å². The fourth-order valence-electron chi connectivity index (χ4n) is 3.10. The fraction of sp³-hybridized carbons (Fsp3) is 0.136. The Balaban J connectivity index is 1.77. The Morgan fingerprint density at radius 3 is 2.79 bits per heavy atom. The van der Waals surface area contributed by atoms with Crippen molar-refractivity contribution in [2.45, 2.75) is 20.0 Å². The van der Waals surface area contributed by atoms with Crippen molar-refractivity contribution >= 4 is 29.2 Å². The van der Waals surface area contributed by atoms with Gasteiger partial charge in [0, 0.05) is 11.1 Å². The lowest BCUT2D eigenvalue weighted by molar-refractivity contribution is 0.242. The molecule has 0 aliphatic heterocycles. The van der Waals surface area contributed by atoms with Crippen LogP contribution in [0.5, 0.6) is 11.5 Å². The maximum Gasteiger partial charge on any atom is 0.216 e. The first-order valence-electron chi connectivity index (χ1n) is 9.22. The molecule has 4 rings (SSSR count). The number of phenols is 1. The van der Waals surface area contributed by atoms with Gasteiger partial charge in [-0.25, -0.2) is 5.10 Å². The molecule has 0 unspecified atom stereocenters. The number of aromatic hydroxyl groups is 1. The molecular formula is C22H20N4O2S. The molecule has 3 aromatic carbocycles. The summed E-state index contributed by atoms with van der Waals surface area (Å²) in [6, 6.07) is 18.9. The highest BCUT2D eigenvalue weighted by Crippen LogP contribution is 2.26. The molecular weight excluding hydrogens is 384 g/mol. The molecule has 4 aromatic rings. The Bertz CT molecular complexity index is 1260. The van der Waals surface area contributed by atoms with Gasteiger partial charge in [0.2, 0.25) is 4.77 Å². The first-order chi connectivity index (χ1) is 14.0. The van der Waals surface area contributed by atoms with Gasteiger partial charge in [0.15, 0.2) is 5.82 Å². The minimum atomic E-state index is 0.0680. The second kappa shape index (κ2) is 7.89. The van der Waals surface area contributed by atoms with Crippen molar-refractivity contribution in [3.8, 4) is 22.9 Å². The SMILES string of the molecule is CC(C)Oc1cccc(-c2n[nH]c(=S)n2/N=C\c2c(O)ccc3ccccc23)c1. The standard InChI is InChI=1S/C22H20N4O2S/c1-14(2)28-17-8-5-7-16(12-17)21-24-25-22(29)26(21)23-13-19-18-9-4-3-6-15(18)10-11-20(19)27/h3-14,27H,1-2H3,(H,25,29)/b23-13-. The third-order valence-electron chi connectivity index (χ3n) is 4.36. The Hall–Kier alpha value is -3.45. The number of hydrogen-bond acceptors (Lipinski definition) is 5. The van der Waals surface area contributed by atoms with E-state index in [1.54, 1.807) is 12.3 Å². The molecule has 0 atom stereocenters. The molecule has 146 valence electrons. The first kappa shape index (κ1) is 18.9. The zero-order chi connectivity index (χ0) is 20.4. The molecule has 29 heavy (non-hydrogen) atoms. The van der Waals surface area contributed by atoms with Crippen LogP contribution in [0.4, 0.5) is 0 Å². The molecule has 1 heterocycles. The van der Waals surface area contributed by atoms with Crippen molar-refractivity contribution in [3.63, 3.8) is 0 Å². The van der Waals surface area contributed by atoms with E-state index in [-0.39, 0.29) is 11.9 Å². The molecule has 0 aliphatic carbocycles. The zero-order valence-corrected chi connectivity index (χ0v) is 16.9. The molecule has 0 radical (unpaired) electrons. The number of ether oxygens (including phenoxy) is 1. The second-order valence-corrected chi connectivity index (χ2v) is 7.21. The van der Waals surface area contributed by atoms with Crippen molar-refractivity contribution in [3.05, 3.63) is 71.0 Å². The molecule has 0 amide bonds. The molecule has 6 nitrogen and oxygen atoms in total. The van der Waals surface area contributed by atoms with Crippen LogP contribution in [-0.2, 0) is 0 Å². The molecule has 0 aliphatic rings. The van der Waals surface area contributed by atoms with E-state index in [0.29, 0.717) is 16.2 Å². The molecule has 0 spiro atoms. The van der Waals surface area contributed by atoms with Crippen molar-refractivity contribution < 1.29 is 9.84 Å². The molecule has 0 saturated carbocycles. The van der Waals surface area contributed by atoms with E-state index in [0.717, 1.165) is 22.1 Å². The second-order valence-electron chi connectivity index (χ2n) is 6.82. The summed E-state index contributed by atoms with van der Waals surface area (Å²) >= 11 is 5.36. The Kier molecular flexibility index (Phi) is 5.14. The zero-order valence-electron chi connectivity index (χ0n) is 16.0. The van der Waals surface area contributed by atoms with Gasteiger partial charge in [0.1, 0.15) is 11.5 Å². The van der Waals surface area contributed by atoms with Crippen LogP contribution in [0.1, 0.15) is 19.4 Å². The van der Waals surface area contributed by atoms with Crippen LogP contribution in [-0.4, -0.2) is 32.3 Å². The maximum atomic E-state index is 10.3. The number of nitrogens with zero attached hydrogens (tertiary/aromatic N) is 3. The van der Waals surface area contributed by atoms with Crippen LogP contribution in [0.2, 0.25) is 0 Å². The lowest BCUT2D eigenvalue weighted by Crippen LogP contribution is -2.05. The molecule has 0 saturated heterocycles. The third kappa shape index (κ3) is 3.90. The van der Waals surface area contributed by atoms with Crippen molar-refractivity contribution in [2.24, 2.45) is 5.10 Å². The topological polar surface area (TPSA) is 75.4 Å². The quantitative estimate of drug-likeness (QED) is 0.357. The Morgan fingerprint density at radius 2 is 1.97 bits per heavy atom. The minimum absolute atomic E-state index is 0.0680. The van der Waals surface area contributed by atoms with E-state index in [1.807, 2.05) is 68.4 Å². The summed E-state index contributed by atoms with van der Waals surface area (Å²) in [5.41, 5.74) is 1.43. The summed E-state index contributed by atoms with van der Waals surface area (Å²) in [7, 11) is 0. The Labute approximate surface area is 173 Å². The maximum absolute atomic E-state index is 10.3. The first-order valence-corrected chi connectivity index (χ1v) is 9.63. The van der Waals surface area contributed by atoms with Crippen molar-refractivity contribution in [1.29, 1.82) is 0 Å². The summed E-state index contributed by atoms with van der Waals surface area (Å²) in [4.78, 5) is 0. The van der Waals surface area contributed by atoms with Crippen molar-refractivity contribution in [1.82, 2.24) is 14.9 Å². The van der Waals surface area contributed by atoms with Crippen LogP contribution >= 0.6 is 12.2 Å². The number of benzene rings is 3. The summed E-state index contributed by atoms with van der Waals surface area (Å²) in [5.74, 6) is 1.45. The van der Waals surface area contributed by atoms with Gasteiger partial charge in [-0.05, 0) is 55.0 Å². The molecule has 2 N–H and O–H groups in total. The summed E-state index contributed by atoms with van der Waals surface area (Å²) < 4.78 is 7.66. The van der Waals surface area contributed by atoms with Crippen LogP contribution in [0.25, 0.3) is 22.2 Å². The van der Waals surface area contributed by atoms with Gasteiger partial charge in [0.25, 0.3) is 0 Å². The van der Waals surface area contributed by atoms with Gasteiger partial charge in [-0.2, -0.15) is 14.9 Å². The number of hydrogen-bond donors (Lipinski definition) is 2. The van der Waals surface area contributed by atoms with E-state index in [4.69, 9.17) is 17.0 Å². The number of aromatic nitrogens is 3. The average Bonchev–Trinajstić information content (AvgIpc) is 3.07. The highest BCUT2D eigenvalue weighted by atomic mass is 32.1. The molecule has 1 aromatic heterocycles. The van der Waals surface area contributed by atoms with Crippen LogP contribution in [0.15, 0.2) is 65.8 Å². The smallest absolute Gasteiger partial charge is 0.216 e. The number of aromatic amines is 1. The Morgan fingerprint density at radius 1 is 1.14 bits per heavy atom. The van der Waals surface area contributed by atoms with Gasteiger partial charge in [-0.15, -0.1) is 0 Å². The number of H-pyrrole nitrogens is 1. The van der Waals surface area contributed by atoms with Crippen LogP contribution in [0, 0.1) is 4.77 Å². The normalized spacial score (nSPS) is 11.6. The van der Waals surface area contributed by atoms with Crippen LogP contribution < -0.4 is 4.74 Å². The predicted molar refractivity (Wildman–Crippen MR) is 117 cm³/mol. The lowest BCUT2D eigenvalue weighted by atomic mass is 10.0. The summed E-state index contributed by atoms with van der Waals surface area (Å²) in [6.45, 7) is 3.95. The molecule has 0 fully saturated rings. The highest BCUT2D eigenvalue weighted by molar-refractivity contribution is 7.71. The fourth-order valence-corrected chi connectivity index (χ4v) is 3.28. The van der Waals surface area contributed by atoms with Crippen molar-refractivity contribution in [2.75, 3.05) is 0 Å². The van der Waals surface area contributed by atoms with Gasteiger partial charge >= 0.3 is 0 Å². The predicted octanol–water partition coefficient (Wildman–Crippen LogP) is 5.14. The number of phenolic OH excluding ortho intramolecular Hbond substituents is 1. The van der Waals surface area contributed by atoms with E-state index in [1.165, 1.54) is 4.68 Å². The minimum Gasteiger partial charge on any atom is -0.507 e. The summed E-state index contributed by atoms with van der Waals surface area (Å²) in [5, 5.41) is 23.9. The van der Waals surface area contributed by atoms with Gasteiger partial charge in [-0.1, -0.05) is 42.5 Å². The van der Waals surface area contributed by atoms with E-state index in [2.05, 4.69) is 15.3 Å². The average molecular weight is 404 g/mol. The molecule has 0 bridgehead atoms. The third-order valence-corrected chi connectivity index (χ3v) is 4.63. The van der Waals surface area contributed by atoms with Crippen LogP contribution in [0.3, 0.4) is 0 Å². The van der Waals surface area contributed by atoms with Gasteiger partial charge in [0.05, 0.1) is 12.3 Å².